The summed E-state index contributed by atoms with van der Waals surface area (Å²) in [5.41, 5.74) is -0.933. The molecule has 16 nitrogen and oxygen atoms in total. The van der Waals surface area contributed by atoms with Crippen molar-refractivity contribution in [3.63, 3.8) is 0 Å². The molecule has 2 N–H and O–H groups in total. The zero-order valence-corrected chi connectivity index (χ0v) is 33.1. The Balaban J connectivity index is 1.08. The van der Waals surface area contributed by atoms with E-state index in [4.69, 9.17) is 9.47 Å². The maximum Gasteiger partial charge on any atom is 0.337 e. The van der Waals surface area contributed by atoms with E-state index in [2.05, 4.69) is 25.3 Å². The quantitative estimate of drug-likeness (QED) is 0.148. The number of hydrogen-bond acceptors (Lipinski definition) is 12. The van der Waals surface area contributed by atoms with Crippen LogP contribution in [0.4, 0.5) is 14.5 Å². The Morgan fingerprint density at radius 2 is 1.65 bits per heavy atom. The lowest BCUT2D eigenvalue weighted by Crippen LogP contribution is -2.44. The minimum absolute atomic E-state index is 0.00270. The number of amides is 1. The fourth-order valence-corrected chi connectivity index (χ4v) is 7.90. The number of aryl methyl sites for hydroxylation is 1. The molecule has 0 saturated heterocycles. The molecule has 310 valence electrons. The molecule has 1 aliphatic rings. The van der Waals surface area contributed by atoms with E-state index in [1.807, 2.05) is 4.72 Å². The van der Waals surface area contributed by atoms with Crippen LogP contribution in [0.25, 0.3) is 27.8 Å². The number of halogens is 2. The van der Waals surface area contributed by atoms with Crippen molar-refractivity contribution in [1.82, 2.24) is 34.4 Å². The largest absolute Gasteiger partial charge is 0.464 e. The van der Waals surface area contributed by atoms with Gasteiger partial charge in [-0.2, -0.15) is 0 Å². The van der Waals surface area contributed by atoms with Crippen LogP contribution >= 0.6 is 0 Å². The van der Waals surface area contributed by atoms with Gasteiger partial charge in [0.1, 0.15) is 30.1 Å². The molecule has 1 fully saturated rings. The molecule has 1 atom stereocenters. The van der Waals surface area contributed by atoms with Gasteiger partial charge in [0.25, 0.3) is 21.5 Å². The Labute approximate surface area is 341 Å². The van der Waals surface area contributed by atoms with Gasteiger partial charge in [-0.25, -0.2) is 46.3 Å². The van der Waals surface area contributed by atoms with Gasteiger partial charge in [-0.15, -0.1) is 0 Å². The van der Waals surface area contributed by atoms with Gasteiger partial charge < -0.3 is 14.8 Å². The number of hydrogen-bond donors (Lipinski definition) is 2. The van der Waals surface area contributed by atoms with Crippen molar-refractivity contribution in [1.29, 1.82) is 0 Å². The minimum atomic E-state index is -4.43. The Morgan fingerprint density at radius 1 is 0.917 bits per heavy atom. The number of methoxy groups -OCH3 is 1. The molecule has 0 aliphatic heterocycles. The topological polar surface area (TPSA) is 206 Å². The third-order valence-electron chi connectivity index (χ3n) is 10.1. The number of carbonyl (C=O) groups is 2. The van der Waals surface area contributed by atoms with Crippen molar-refractivity contribution in [2.45, 2.75) is 49.6 Å². The Kier molecular flexibility index (Phi) is 12.2. The van der Waals surface area contributed by atoms with Crippen LogP contribution in [0.15, 0.2) is 100 Å². The van der Waals surface area contributed by atoms with Crippen LogP contribution in [-0.4, -0.2) is 69.1 Å². The molecule has 0 bridgehead atoms. The number of pyridine rings is 2. The standard InChI is InChI=1S/C41H38F2N8O8S/c1-50-35-21-44-14-13-29(35)39(53)51(41(50)55)37-12-7-25(18-47-37)15-34(40(54)59-22-24-5-3-4-6-24)48-38(52)30-16-32(43)33(17-31(30)42)49-60(56,57)28-10-8-26(9-11-28)27-19-45-36(23-58-2)46-20-27/h7-14,16-21,24,34,49H,3-6,15,22-23H2,1-2H3,(H,48,52)/t34-/m0/s1. The average molecular weight is 841 g/mol. The summed E-state index contributed by atoms with van der Waals surface area (Å²) >= 11 is 0. The number of fused-ring (bicyclic) bond motifs is 1. The van der Waals surface area contributed by atoms with E-state index in [1.54, 1.807) is 12.4 Å². The molecule has 60 heavy (non-hydrogen) atoms. The summed E-state index contributed by atoms with van der Waals surface area (Å²) < 4.78 is 72.1. The third-order valence-corrected chi connectivity index (χ3v) is 11.5. The van der Waals surface area contributed by atoms with Gasteiger partial charge in [0.2, 0.25) is 0 Å². The predicted octanol–water partition coefficient (Wildman–Crippen LogP) is 4.24. The maximum atomic E-state index is 15.5. The van der Waals surface area contributed by atoms with Crippen molar-refractivity contribution < 1.29 is 36.3 Å². The molecular weight excluding hydrogens is 803 g/mol. The summed E-state index contributed by atoms with van der Waals surface area (Å²) in [6.07, 6.45) is 10.7. The van der Waals surface area contributed by atoms with Crippen LogP contribution in [-0.2, 0) is 44.4 Å². The molecule has 2 aromatic carbocycles. The summed E-state index contributed by atoms with van der Waals surface area (Å²) in [7, 11) is -1.43. The molecule has 1 amide bonds. The van der Waals surface area contributed by atoms with Crippen LogP contribution in [0.1, 0.15) is 47.4 Å². The first-order chi connectivity index (χ1) is 28.8. The molecule has 6 aromatic rings. The summed E-state index contributed by atoms with van der Waals surface area (Å²) in [4.78, 5) is 69.7. The van der Waals surface area contributed by atoms with Crippen LogP contribution < -0.4 is 21.3 Å². The number of nitrogens with zero attached hydrogens (tertiary/aromatic N) is 6. The number of rotatable bonds is 14. The number of anilines is 1. The first kappa shape index (κ1) is 41.4. The molecule has 0 unspecified atom stereocenters. The second kappa shape index (κ2) is 17.6. The average Bonchev–Trinajstić information content (AvgIpc) is 3.78. The molecule has 0 spiro atoms. The minimum Gasteiger partial charge on any atom is -0.464 e. The first-order valence-corrected chi connectivity index (χ1v) is 20.2. The maximum absolute atomic E-state index is 15.5. The number of benzene rings is 2. The van der Waals surface area contributed by atoms with Crippen LogP contribution in [0, 0.1) is 17.6 Å². The second-order valence-corrected chi connectivity index (χ2v) is 15.9. The van der Waals surface area contributed by atoms with Crippen molar-refractivity contribution in [2.24, 2.45) is 13.0 Å². The number of esters is 1. The Hall–Kier alpha value is -6.73. The number of sulfonamides is 1. The van der Waals surface area contributed by atoms with E-state index < -0.39 is 62.1 Å². The van der Waals surface area contributed by atoms with Gasteiger partial charge in [0, 0.05) is 57.0 Å². The van der Waals surface area contributed by atoms with Gasteiger partial charge in [-0.3, -0.25) is 23.9 Å². The molecule has 4 aromatic heterocycles. The van der Waals surface area contributed by atoms with Gasteiger partial charge in [0.05, 0.1) is 39.9 Å². The Bertz CT molecular complexity index is 2800. The normalized spacial score (nSPS) is 13.6. The molecule has 1 aliphatic carbocycles. The molecule has 1 saturated carbocycles. The zero-order valence-electron chi connectivity index (χ0n) is 32.3. The monoisotopic (exact) mass is 840 g/mol. The summed E-state index contributed by atoms with van der Waals surface area (Å²) in [5.74, 6) is -3.95. The van der Waals surface area contributed by atoms with E-state index in [-0.39, 0.29) is 41.7 Å². The van der Waals surface area contributed by atoms with Crippen LogP contribution in [0.2, 0.25) is 0 Å². The van der Waals surface area contributed by atoms with Crippen molar-refractivity contribution >= 4 is 38.5 Å². The summed E-state index contributed by atoms with van der Waals surface area (Å²) in [6.45, 7) is 0.321. The fourth-order valence-electron chi connectivity index (χ4n) is 6.85. The highest BCUT2D eigenvalue weighted by atomic mass is 32.2. The van der Waals surface area contributed by atoms with E-state index >= 15 is 8.78 Å². The molecule has 19 heteroatoms. The fraction of sp³-hybridized carbons (Fsp3) is 0.268. The lowest BCUT2D eigenvalue weighted by Gasteiger charge is -2.20. The van der Waals surface area contributed by atoms with E-state index in [1.165, 1.54) is 79.8 Å². The summed E-state index contributed by atoms with van der Waals surface area (Å²) in [5, 5.41) is 2.66. The van der Waals surface area contributed by atoms with E-state index in [9.17, 15) is 27.6 Å². The lowest BCUT2D eigenvalue weighted by molar-refractivity contribution is -0.147. The number of nitrogens with one attached hydrogen (secondary N) is 2. The third kappa shape index (κ3) is 8.96. The SMILES string of the molecule is COCc1ncc(-c2ccc(S(=O)(=O)Nc3cc(F)c(C(=O)N[C@@H](Cc4ccc(-n5c(=O)c6ccncc6n(C)c5=O)nc4)C(=O)OCC4CCCC4)cc3F)cc2)cn1. The first-order valence-electron chi connectivity index (χ1n) is 18.7. The van der Waals surface area contributed by atoms with Crippen molar-refractivity contribution in [3.8, 4) is 16.9 Å². The van der Waals surface area contributed by atoms with E-state index in [0.29, 0.717) is 40.2 Å². The molecule has 7 rings (SSSR count). The van der Waals surface area contributed by atoms with Crippen LogP contribution in [0.3, 0.4) is 0 Å². The van der Waals surface area contributed by atoms with Gasteiger partial charge in [0.15, 0.2) is 5.82 Å². The van der Waals surface area contributed by atoms with Gasteiger partial charge in [-0.05, 0) is 60.2 Å². The van der Waals surface area contributed by atoms with Crippen molar-refractivity contribution in [3.05, 3.63) is 135 Å². The smallest absolute Gasteiger partial charge is 0.337 e. The van der Waals surface area contributed by atoms with E-state index in [0.717, 1.165) is 30.3 Å². The number of carbonyl (C=O) groups excluding carboxylic acids is 2. The highest BCUT2D eigenvalue weighted by Crippen LogP contribution is 2.27. The lowest BCUT2D eigenvalue weighted by atomic mass is 10.1. The highest BCUT2D eigenvalue weighted by Gasteiger charge is 2.28. The molecular formula is C41H38F2N8O8S. The van der Waals surface area contributed by atoms with Crippen molar-refractivity contribution in [2.75, 3.05) is 18.4 Å². The van der Waals surface area contributed by atoms with Gasteiger partial charge >= 0.3 is 11.7 Å². The Morgan fingerprint density at radius 3 is 2.33 bits per heavy atom. The predicted molar refractivity (Wildman–Crippen MR) is 214 cm³/mol. The second-order valence-electron chi connectivity index (χ2n) is 14.2. The highest BCUT2D eigenvalue weighted by molar-refractivity contribution is 7.92. The molecule has 0 radical (unpaired) electrons. The summed E-state index contributed by atoms with van der Waals surface area (Å²) in [6, 6.07) is 9.56. The zero-order chi connectivity index (χ0) is 42.6. The van der Waals surface area contributed by atoms with Crippen LogP contribution in [0.5, 0.6) is 0 Å². The number of aromatic nitrogens is 6. The molecule has 4 heterocycles. The van der Waals surface area contributed by atoms with Gasteiger partial charge in [-0.1, -0.05) is 31.0 Å². The number of ether oxygens (including phenoxy) is 2.